The zero-order valence-electron chi connectivity index (χ0n) is 11.9. The summed E-state index contributed by atoms with van der Waals surface area (Å²) in [6.45, 7) is 4.98. The van der Waals surface area contributed by atoms with Crippen molar-refractivity contribution in [1.29, 1.82) is 0 Å². The zero-order valence-corrected chi connectivity index (χ0v) is 11.9. The summed E-state index contributed by atoms with van der Waals surface area (Å²) in [7, 11) is 0. The van der Waals surface area contributed by atoms with E-state index in [1.165, 1.54) is 31.2 Å². The first-order chi connectivity index (χ1) is 9.27. The van der Waals surface area contributed by atoms with Crippen molar-refractivity contribution in [3.8, 4) is 0 Å². The van der Waals surface area contributed by atoms with Gasteiger partial charge in [-0.3, -0.25) is 10.1 Å². The van der Waals surface area contributed by atoms with Crippen molar-refractivity contribution in [3.05, 3.63) is 17.5 Å². The third-order valence-electron chi connectivity index (χ3n) is 3.74. The van der Waals surface area contributed by atoms with Crippen molar-refractivity contribution in [2.75, 3.05) is 19.6 Å². The molecule has 106 valence electrons. The van der Waals surface area contributed by atoms with E-state index in [0.717, 1.165) is 44.1 Å². The standard InChI is InChI=1S/C14H25N5/c1-12-13(11-17-18-12)7-6-8-16-14(15)19-9-4-2-3-5-10-19/h11H,2-10H2,1H3,(H2,15,16)(H,17,18). The van der Waals surface area contributed by atoms with E-state index in [0.29, 0.717) is 0 Å². The molecule has 0 amide bonds. The maximum absolute atomic E-state index is 6.06. The molecular formula is C14H25N5. The Balaban J connectivity index is 1.73. The van der Waals surface area contributed by atoms with E-state index in [9.17, 15) is 0 Å². The fourth-order valence-corrected chi connectivity index (χ4v) is 2.49. The number of nitrogens with two attached hydrogens (primary N) is 1. The highest BCUT2D eigenvalue weighted by Gasteiger charge is 2.10. The summed E-state index contributed by atoms with van der Waals surface area (Å²) in [6.07, 6.45) is 9.06. The number of aromatic amines is 1. The molecule has 1 aromatic rings. The minimum Gasteiger partial charge on any atom is -0.370 e. The highest BCUT2D eigenvalue weighted by atomic mass is 15.2. The first-order valence-corrected chi connectivity index (χ1v) is 7.31. The Hall–Kier alpha value is -1.52. The molecule has 1 saturated heterocycles. The molecule has 1 aromatic heterocycles. The molecule has 1 fully saturated rings. The third kappa shape index (κ3) is 4.26. The molecule has 0 bridgehead atoms. The summed E-state index contributed by atoms with van der Waals surface area (Å²) in [5.74, 6) is 0.728. The van der Waals surface area contributed by atoms with Gasteiger partial charge in [0.2, 0.25) is 0 Å². The highest BCUT2D eigenvalue weighted by molar-refractivity contribution is 5.78. The molecule has 0 aromatic carbocycles. The molecule has 2 rings (SSSR count). The number of aliphatic imine (C=N–C) groups is 1. The van der Waals surface area contributed by atoms with Crippen LogP contribution >= 0.6 is 0 Å². The number of rotatable bonds is 4. The second-order valence-electron chi connectivity index (χ2n) is 5.26. The Labute approximate surface area is 115 Å². The van der Waals surface area contributed by atoms with Gasteiger partial charge in [-0.2, -0.15) is 5.10 Å². The number of guanidine groups is 1. The molecule has 0 saturated carbocycles. The topological polar surface area (TPSA) is 70.3 Å². The quantitative estimate of drug-likeness (QED) is 0.495. The van der Waals surface area contributed by atoms with Gasteiger partial charge in [-0.15, -0.1) is 0 Å². The maximum atomic E-state index is 6.06. The molecule has 0 unspecified atom stereocenters. The molecule has 0 aliphatic carbocycles. The number of nitrogens with zero attached hydrogens (tertiary/aromatic N) is 3. The van der Waals surface area contributed by atoms with Crippen LogP contribution in [0, 0.1) is 6.92 Å². The van der Waals surface area contributed by atoms with E-state index < -0.39 is 0 Å². The zero-order chi connectivity index (χ0) is 13.5. The van der Waals surface area contributed by atoms with Crippen LogP contribution in [-0.2, 0) is 6.42 Å². The van der Waals surface area contributed by atoms with Gasteiger partial charge in [-0.25, -0.2) is 0 Å². The van der Waals surface area contributed by atoms with Gasteiger partial charge in [-0.05, 0) is 38.2 Å². The number of likely N-dealkylation sites (tertiary alicyclic amines) is 1. The molecule has 0 atom stereocenters. The molecule has 2 heterocycles. The van der Waals surface area contributed by atoms with Gasteiger partial charge in [0, 0.05) is 25.3 Å². The molecule has 1 aliphatic rings. The lowest BCUT2D eigenvalue weighted by molar-refractivity contribution is 0.428. The summed E-state index contributed by atoms with van der Waals surface area (Å²) in [4.78, 5) is 6.74. The molecule has 3 N–H and O–H groups in total. The minimum absolute atomic E-state index is 0.728. The first kappa shape index (κ1) is 13.9. The van der Waals surface area contributed by atoms with Gasteiger partial charge in [0.25, 0.3) is 0 Å². The van der Waals surface area contributed by atoms with Crippen LogP contribution in [-0.4, -0.2) is 40.7 Å². The van der Waals surface area contributed by atoms with Crippen molar-refractivity contribution in [1.82, 2.24) is 15.1 Å². The fourth-order valence-electron chi connectivity index (χ4n) is 2.49. The van der Waals surface area contributed by atoms with Gasteiger partial charge in [0.15, 0.2) is 5.96 Å². The lowest BCUT2D eigenvalue weighted by Crippen LogP contribution is -2.38. The lowest BCUT2D eigenvalue weighted by Gasteiger charge is -2.21. The molecule has 5 nitrogen and oxygen atoms in total. The van der Waals surface area contributed by atoms with Crippen molar-refractivity contribution in [2.24, 2.45) is 10.7 Å². The molecule has 5 heteroatoms. The molecule has 0 spiro atoms. The van der Waals surface area contributed by atoms with E-state index in [4.69, 9.17) is 5.73 Å². The monoisotopic (exact) mass is 263 g/mol. The second kappa shape index (κ2) is 7.16. The van der Waals surface area contributed by atoms with Crippen LogP contribution in [0.15, 0.2) is 11.2 Å². The molecule has 0 radical (unpaired) electrons. The van der Waals surface area contributed by atoms with E-state index >= 15 is 0 Å². The SMILES string of the molecule is Cc1[nH]ncc1CCCN=C(N)N1CCCCCC1. The van der Waals surface area contributed by atoms with E-state index in [1.807, 2.05) is 6.20 Å². The van der Waals surface area contributed by atoms with Crippen molar-refractivity contribution >= 4 is 5.96 Å². The van der Waals surface area contributed by atoms with Crippen molar-refractivity contribution < 1.29 is 0 Å². The Morgan fingerprint density at radius 3 is 2.74 bits per heavy atom. The number of aryl methyl sites for hydroxylation is 2. The largest absolute Gasteiger partial charge is 0.370 e. The number of aromatic nitrogens is 2. The number of nitrogens with one attached hydrogen (secondary N) is 1. The number of hydrogen-bond acceptors (Lipinski definition) is 2. The van der Waals surface area contributed by atoms with Crippen molar-refractivity contribution in [3.63, 3.8) is 0 Å². The maximum Gasteiger partial charge on any atom is 0.191 e. The van der Waals surface area contributed by atoms with Gasteiger partial charge in [0.05, 0.1) is 6.20 Å². The number of hydrogen-bond donors (Lipinski definition) is 2. The number of H-pyrrole nitrogens is 1. The average Bonchev–Trinajstić information content (AvgIpc) is 2.68. The van der Waals surface area contributed by atoms with E-state index in [2.05, 4.69) is 27.0 Å². The van der Waals surface area contributed by atoms with Crippen LogP contribution in [0.25, 0.3) is 0 Å². The lowest BCUT2D eigenvalue weighted by atomic mass is 10.1. The smallest absolute Gasteiger partial charge is 0.191 e. The summed E-state index contributed by atoms with van der Waals surface area (Å²) in [5.41, 5.74) is 8.50. The fraction of sp³-hybridized carbons (Fsp3) is 0.714. The summed E-state index contributed by atoms with van der Waals surface area (Å²) in [5, 5.41) is 6.98. The third-order valence-corrected chi connectivity index (χ3v) is 3.74. The van der Waals surface area contributed by atoms with Gasteiger partial charge in [0.1, 0.15) is 0 Å². The van der Waals surface area contributed by atoms with E-state index in [-0.39, 0.29) is 0 Å². The highest BCUT2D eigenvalue weighted by Crippen LogP contribution is 2.09. The Morgan fingerprint density at radius 1 is 1.37 bits per heavy atom. The summed E-state index contributed by atoms with van der Waals surface area (Å²) >= 11 is 0. The summed E-state index contributed by atoms with van der Waals surface area (Å²) < 4.78 is 0. The van der Waals surface area contributed by atoms with E-state index in [1.54, 1.807) is 0 Å². The Kier molecular flexibility index (Phi) is 5.24. The normalized spacial score (nSPS) is 17.5. The van der Waals surface area contributed by atoms with Crippen LogP contribution in [0.4, 0.5) is 0 Å². The van der Waals surface area contributed by atoms with Gasteiger partial charge in [-0.1, -0.05) is 12.8 Å². The van der Waals surface area contributed by atoms with Gasteiger partial charge < -0.3 is 10.6 Å². The second-order valence-corrected chi connectivity index (χ2v) is 5.26. The summed E-state index contributed by atoms with van der Waals surface area (Å²) in [6, 6.07) is 0. The predicted molar refractivity (Wildman–Crippen MR) is 78.2 cm³/mol. The van der Waals surface area contributed by atoms with Crippen LogP contribution in [0.5, 0.6) is 0 Å². The predicted octanol–water partition coefficient (Wildman–Crippen LogP) is 1.84. The first-order valence-electron chi connectivity index (χ1n) is 7.31. The van der Waals surface area contributed by atoms with Crippen molar-refractivity contribution in [2.45, 2.75) is 45.4 Å². The molecule has 19 heavy (non-hydrogen) atoms. The van der Waals surface area contributed by atoms with Crippen LogP contribution in [0.1, 0.15) is 43.4 Å². The van der Waals surface area contributed by atoms with Gasteiger partial charge >= 0.3 is 0 Å². The minimum atomic E-state index is 0.728. The molecular weight excluding hydrogens is 238 g/mol. The van der Waals surface area contributed by atoms with Crippen LogP contribution < -0.4 is 5.73 Å². The molecule has 1 aliphatic heterocycles. The Morgan fingerprint density at radius 2 is 2.11 bits per heavy atom. The van der Waals surface area contributed by atoms with Crippen LogP contribution in [0.2, 0.25) is 0 Å². The van der Waals surface area contributed by atoms with Crippen LogP contribution in [0.3, 0.4) is 0 Å². The Bertz CT molecular complexity index is 402. The average molecular weight is 263 g/mol.